The van der Waals surface area contributed by atoms with Crippen molar-refractivity contribution < 1.29 is 4.74 Å². The van der Waals surface area contributed by atoms with E-state index in [0.29, 0.717) is 0 Å². The summed E-state index contributed by atoms with van der Waals surface area (Å²) < 4.78 is 6.08. The molecule has 1 atom stereocenters. The van der Waals surface area contributed by atoms with Gasteiger partial charge in [-0.1, -0.05) is 42.3 Å². The summed E-state index contributed by atoms with van der Waals surface area (Å²) in [6, 6.07) is 16.5. The Labute approximate surface area is 144 Å². The van der Waals surface area contributed by atoms with Crippen molar-refractivity contribution in [1.82, 2.24) is 4.90 Å². The lowest BCUT2D eigenvalue weighted by Crippen LogP contribution is -2.40. The fourth-order valence-electron chi connectivity index (χ4n) is 3.08. The molecule has 0 aliphatic carbocycles. The molecule has 1 aliphatic rings. The highest BCUT2D eigenvalue weighted by molar-refractivity contribution is 6.30. The van der Waals surface area contributed by atoms with Crippen LogP contribution in [0.25, 0.3) is 0 Å². The highest BCUT2D eigenvalue weighted by Gasteiger charge is 2.17. The largest absolute Gasteiger partial charge is 0.475 e. The van der Waals surface area contributed by atoms with Gasteiger partial charge in [0.1, 0.15) is 12.0 Å². The number of hydrogen-bond acceptors (Lipinski definition) is 2. The summed E-state index contributed by atoms with van der Waals surface area (Å²) in [5, 5.41) is 0.782. The summed E-state index contributed by atoms with van der Waals surface area (Å²) in [7, 11) is 0. The van der Waals surface area contributed by atoms with Crippen LogP contribution < -0.4 is 4.74 Å². The Morgan fingerprint density at radius 1 is 0.913 bits per heavy atom. The molecule has 1 saturated heterocycles. The minimum atomic E-state index is 0.150. The smallest absolute Gasteiger partial charge is 0.149 e. The Balaban J connectivity index is 1.57. The molecule has 1 fully saturated rings. The normalized spacial score (nSPS) is 17.0. The van der Waals surface area contributed by atoms with Gasteiger partial charge in [0.05, 0.1) is 0 Å². The first-order valence-electron chi connectivity index (χ1n) is 8.45. The SMILES string of the molecule is CC(Oc1ccc(Cc2ccc(Cl)cc2)cc1)N1CCCCC1. The van der Waals surface area contributed by atoms with E-state index in [-0.39, 0.29) is 6.23 Å². The third-order valence-corrected chi connectivity index (χ3v) is 4.71. The van der Waals surface area contributed by atoms with Crippen LogP contribution in [0.4, 0.5) is 0 Å². The molecule has 2 aromatic rings. The van der Waals surface area contributed by atoms with Gasteiger partial charge in [-0.15, -0.1) is 0 Å². The summed E-state index contributed by atoms with van der Waals surface area (Å²) in [5.41, 5.74) is 2.55. The second-order valence-electron chi connectivity index (χ2n) is 6.26. The summed E-state index contributed by atoms with van der Waals surface area (Å²) in [4.78, 5) is 2.42. The van der Waals surface area contributed by atoms with Crippen LogP contribution in [-0.2, 0) is 6.42 Å². The molecule has 0 bridgehead atoms. The number of rotatable bonds is 5. The predicted octanol–water partition coefficient (Wildman–Crippen LogP) is 5.14. The van der Waals surface area contributed by atoms with Crippen molar-refractivity contribution in [3.8, 4) is 5.75 Å². The summed E-state index contributed by atoms with van der Waals surface area (Å²) in [6.07, 6.45) is 4.99. The van der Waals surface area contributed by atoms with Crippen molar-refractivity contribution in [1.29, 1.82) is 0 Å². The fourth-order valence-corrected chi connectivity index (χ4v) is 3.20. The average molecular weight is 330 g/mol. The maximum Gasteiger partial charge on any atom is 0.149 e. The molecule has 122 valence electrons. The number of hydrogen-bond donors (Lipinski definition) is 0. The first-order valence-corrected chi connectivity index (χ1v) is 8.82. The maximum absolute atomic E-state index is 6.08. The fraction of sp³-hybridized carbons (Fsp3) is 0.400. The number of ether oxygens (including phenoxy) is 1. The van der Waals surface area contributed by atoms with Crippen LogP contribution in [-0.4, -0.2) is 24.2 Å². The number of nitrogens with zero attached hydrogens (tertiary/aromatic N) is 1. The van der Waals surface area contributed by atoms with Crippen molar-refractivity contribution in [2.45, 2.75) is 38.8 Å². The minimum absolute atomic E-state index is 0.150. The highest BCUT2D eigenvalue weighted by Crippen LogP contribution is 2.20. The summed E-state index contributed by atoms with van der Waals surface area (Å²) >= 11 is 5.93. The zero-order valence-corrected chi connectivity index (χ0v) is 14.4. The van der Waals surface area contributed by atoms with Gasteiger partial charge in [-0.25, -0.2) is 0 Å². The van der Waals surface area contributed by atoms with E-state index < -0.39 is 0 Å². The molecule has 2 nitrogen and oxygen atoms in total. The molecule has 1 unspecified atom stereocenters. The molecule has 2 aromatic carbocycles. The zero-order chi connectivity index (χ0) is 16.1. The van der Waals surface area contributed by atoms with Crippen molar-refractivity contribution in [2.75, 3.05) is 13.1 Å². The van der Waals surface area contributed by atoms with Crippen LogP contribution in [0.15, 0.2) is 48.5 Å². The Kier molecular flexibility index (Phi) is 5.58. The Morgan fingerprint density at radius 2 is 1.48 bits per heavy atom. The van der Waals surface area contributed by atoms with Gasteiger partial charge in [-0.3, -0.25) is 4.90 Å². The van der Waals surface area contributed by atoms with E-state index in [9.17, 15) is 0 Å². The van der Waals surface area contributed by atoms with Gasteiger partial charge >= 0.3 is 0 Å². The standard InChI is InChI=1S/C20H24ClNO/c1-16(22-13-3-2-4-14-22)23-20-11-7-18(8-12-20)15-17-5-9-19(21)10-6-17/h5-12,16H,2-4,13-15H2,1H3. The van der Waals surface area contributed by atoms with Crippen LogP contribution in [0.1, 0.15) is 37.3 Å². The van der Waals surface area contributed by atoms with Gasteiger partial charge in [0.15, 0.2) is 0 Å². The number of piperidine rings is 1. The van der Waals surface area contributed by atoms with Crippen molar-refractivity contribution in [3.63, 3.8) is 0 Å². The molecule has 0 spiro atoms. The molecular formula is C20H24ClNO. The molecule has 1 aliphatic heterocycles. The molecular weight excluding hydrogens is 306 g/mol. The van der Waals surface area contributed by atoms with E-state index in [0.717, 1.165) is 30.3 Å². The minimum Gasteiger partial charge on any atom is -0.475 e. The van der Waals surface area contributed by atoms with E-state index in [1.165, 1.54) is 30.4 Å². The summed E-state index contributed by atoms with van der Waals surface area (Å²) in [5.74, 6) is 0.947. The molecule has 23 heavy (non-hydrogen) atoms. The second-order valence-corrected chi connectivity index (χ2v) is 6.70. The molecule has 1 heterocycles. The van der Waals surface area contributed by atoms with Crippen LogP contribution in [0, 0.1) is 0 Å². The third-order valence-electron chi connectivity index (χ3n) is 4.46. The van der Waals surface area contributed by atoms with Gasteiger partial charge < -0.3 is 4.74 Å². The molecule has 3 heteroatoms. The van der Waals surface area contributed by atoms with Crippen molar-refractivity contribution >= 4 is 11.6 Å². The van der Waals surface area contributed by atoms with E-state index in [1.54, 1.807) is 0 Å². The second kappa shape index (κ2) is 7.85. The Bertz CT molecular complexity index is 603. The van der Waals surface area contributed by atoms with Crippen LogP contribution in [0.2, 0.25) is 5.02 Å². The van der Waals surface area contributed by atoms with Crippen molar-refractivity contribution in [3.05, 3.63) is 64.7 Å². The van der Waals surface area contributed by atoms with Gasteiger partial charge in [-0.05, 0) is 61.6 Å². The van der Waals surface area contributed by atoms with Crippen LogP contribution >= 0.6 is 11.6 Å². The van der Waals surface area contributed by atoms with Gasteiger partial charge in [0.2, 0.25) is 0 Å². The van der Waals surface area contributed by atoms with Gasteiger partial charge in [0, 0.05) is 18.1 Å². The van der Waals surface area contributed by atoms with E-state index >= 15 is 0 Å². The molecule has 0 radical (unpaired) electrons. The van der Waals surface area contributed by atoms with E-state index in [1.807, 2.05) is 12.1 Å². The quantitative estimate of drug-likeness (QED) is 0.753. The third kappa shape index (κ3) is 4.73. The molecule has 0 saturated carbocycles. The molecule has 0 aromatic heterocycles. The Hall–Kier alpha value is -1.51. The molecule has 3 rings (SSSR count). The van der Waals surface area contributed by atoms with E-state index in [2.05, 4.69) is 48.2 Å². The lowest BCUT2D eigenvalue weighted by Gasteiger charge is -2.32. The molecule has 0 N–H and O–H groups in total. The first-order chi connectivity index (χ1) is 11.2. The zero-order valence-electron chi connectivity index (χ0n) is 13.7. The van der Waals surface area contributed by atoms with E-state index in [4.69, 9.17) is 16.3 Å². The topological polar surface area (TPSA) is 12.5 Å². The Morgan fingerprint density at radius 3 is 2.09 bits per heavy atom. The van der Waals surface area contributed by atoms with Gasteiger partial charge in [-0.2, -0.15) is 0 Å². The maximum atomic E-state index is 6.08. The average Bonchev–Trinajstić information content (AvgIpc) is 2.59. The lowest BCUT2D eigenvalue weighted by atomic mass is 10.1. The molecule has 0 amide bonds. The highest BCUT2D eigenvalue weighted by atomic mass is 35.5. The number of halogens is 1. The van der Waals surface area contributed by atoms with Crippen LogP contribution in [0.5, 0.6) is 5.75 Å². The van der Waals surface area contributed by atoms with Crippen LogP contribution in [0.3, 0.4) is 0 Å². The number of likely N-dealkylation sites (tertiary alicyclic amines) is 1. The van der Waals surface area contributed by atoms with Crippen molar-refractivity contribution in [2.24, 2.45) is 0 Å². The predicted molar refractivity (Wildman–Crippen MR) is 96.2 cm³/mol. The number of benzene rings is 2. The lowest BCUT2D eigenvalue weighted by molar-refractivity contribution is 0.0262. The van der Waals surface area contributed by atoms with Gasteiger partial charge in [0.25, 0.3) is 0 Å². The first kappa shape index (κ1) is 16.4. The monoisotopic (exact) mass is 329 g/mol. The summed E-state index contributed by atoms with van der Waals surface area (Å²) in [6.45, 7) is 4.44.